The molecule has 0 radical (unpaired) electrons. The van der Waals surface area contributed by atoms with Gasteiger partial charge in [-0.25, -0.2) is 4.39 Å². The molecule has 2 aromatic carbocycles. The Hall–Kier alpha value is -2.69. The summed E-state index contributed by atoms with van der Waals surface area (Å²) in [6, 6.07) is 12.3. The molecule has 0 spiro atoms. The van der Waals surface area contributed by atoms with E-state index in [1.54, 1.807) is 0 Å². The van der Waals surface area contributed by atoms with Gasteiger partial charge in [-0.05, 0) is 42.0 Å². The number of rotatable bonds is 6. The van der Waals surface area contributed by atoms with Crippen LogP contribution in [0.1, 0.15) is 54.7 Å². The molecule has 1 saturated carbocycles. The van der Waals surface area contributed by atoms with E-state index < -0.39 is 10.7 Å². The van der Waals surface area contributed by atoms with E-state index in [0.29, 0.717) is 17.2 Å². The molecule has 0 unspecified atom stereocenters. The van der Waals surface area contributed by atoms with Gasteiger partial charge in [-0.15, -0.1) is 0 Å². The first-order valence-electron chi connectivity index (χ1n) is 8.95. The van der Waals surface area contributed by atoms with Crippen LogP contribution in [0.5, 0.6) is 5.75 Å². The lowest BCUT2D eigenvalue weighted by Crippen LogP contribution is -2.05. The third-order valence-corrected chi connectivity index (χ3v) is 4.80. The van der Waals surface area contributed by atoms with E-state index in [9.17, 15) is 14.5 Å². The molecular weight excluding hydrogens is 333 g/mol. The average molecular weight is 355 g/mol. The van der Waals surface area contributed by atoms with Gasteiger partial charge in [0.25, 0.3) is 0 Å². The summed E-state index contributed by atoms with van der Waals surface area (Å²) in [5, 5.41) is 10.5. The molecule has 26 heavy (non-hydrogen) atoms. The van der Waals surface area contributed by atoms with Crippen molar-refractivity contribution in [3.05, 3.63) is 81.3 Å². The molecule has 0 atom stereocenters. The Morgan fingerprint density at radius 2 is 1.85 bits per heavy atom. The average Bonchev–Trinajstić information content (AvgIpc) is 2.66. The van der Waals surface area contributed by atoms with Crippen molar-refractivity contribution < 1.29 is 14.1 Å². The van der Waals surface area contributed by atoms with Crippen molar-refractivity contribution in [2.24, 2.45) is 0 Å². The molecule has 1 aliphatic carbocycles. The van der Waals surface area contributed by atoms with E-state index in [4.69, 9.17) is 4.74 Å². The van der Waals surface area contributed by atoms with E-state index in [2.05, 4.69) is 12.1 Å². The number of nitrogens with zero attached hydrogens (tertiary/aromatic N) is 1. The molecule has 136 valence electrons. The Morgan fingerprint density at radius 1 is 1.12 bits per heavy atom. The van der Waals surface area contributed by atoms with Gasteiger partial charge in [0.15, 0.2) is 0 Å². The standard InChI is InChI=1S/C21H22FNO3/c22-20-11-10-19(12-13-23(24)25)21(14-20)26-15-16-6-8-18(9-7-16)17-4-2-1-3-5-17/h6-14,17H,1-5,15H2. The van der Waals surface area contributed by atoms with Gasteiger partial charge in [-0.3, -0.25) is 10.1 Å². The zero-order chi connectivity index (χ0) is 18.4. The molecule has 0 heterocycles. The maximum Gasteiger partial charge on any atom is 0.235 e. The lowest BCUT2D eigenvalue weighted by Gasteiger charge is -2.22. The highest BCUT2D eigenvalue weighted by Crippen LogP contribution is 2.32. The summed E-state index contributed by atoms with van der Waals surface area (Å²) in [5.41, 5.74) is 2.83. The van der Waals surface area contributed by atoms with Gasteiger partial charge in [0.1, 0.15) is 18.2 Å². The minimum absolute atomic E-state index is 0.285. The lowest BCUT2D eigenvalue weighted by atomic mass is 9.84. The predicted octanol–water partition coefficient (Wildman–Crippen LogP) is 5.70. The van der Waals surface area contributed by atoms with Crippen molar-refractivity contribution in [3.8, 4) is 5.75 Å². The largest absolute Gasteiger partial charge is 0.488 e. The van der Waals surface area contributed by atoms with Crippen LogP contribution in [0.2, 0.25) is 0 Å². The number of ether oxygens (including phenoxy) is 1. The number of nitro groups is 1. The van der Waals surface area contributed by atoms with Gasteiger partial charge in [-0.2, -0.15) is 0 Å². The van der Waals surface area contributed by atoms with Crippen LogP contribution in [0.25, 0.3) is 6.08 Å². The summed E-state index contributed by atoms with van der Waals surface area (Å²) >= 11 is 0. The zero-order valence-corrected chi connectivity index (χ0v) is 14.6. The molecular formula is C21H22FNO3. The fraction of sp³-hybridized carbons (Fsp3) is 0.333. The summed E-state index contributed by atoms with van der Waals surface area (Å²) in [7, 11) is 0. The SMILES string of the molecule is O=[N+]([O-])C=Cc1ccc(F)cc1OCc1ccc(C2CCCCC2)cc1. The Labute approximate surface area is 152 Å². The zero-order valence-electron chi connectivity index (χ0n) is 14.6. The fourth-order valence-electron chi connectivity index (χ4n) is 3.40. The van der Waals surface area contributed by atoms with Crippen LogP contribution < -0.4 is 4.74 Å². The number of halogens is 1. The van der Waals surface area contributed by atoms with Crippen molar-refractivity contribution in [1.29, 1.82) is 0 Å². The normalized spacial score (nSPS) is 15.3. The molecule has 0 bridgehead atoms. The van der Waals surface area contributed by atoms with Gasteiger partial charge in [-0.1, -0.05) is 43.5 Å². The van der Waals surface area contributed by atoms with Crippen LogP contribution in [0, 0.1) is 15.9 Å². The Bertz CT molecular complexity index is 780. The fourth-order valence-corrected chi connectivity index (χ4v) is 3.40. The molecule has 0 aromatic heterocycles. The van der Waals surface area contributed by atoms with Crippen molar-refractivity contribution in [1.82, 2.24) is 0 Å². The second-order valence-corrected chi connectivity index (χ2v) is 6.65. The van der Waals surface area contributed by atoms with Gasteiger partial charge < -0.3 is 4.74 Å². The number of benzene rings is 2. The van der Waals surface area contributed by atoms with Gasteiger partial charge in [0.2, 0.25) is 6.20 Å². The first-order chi connectivity index (χ1) is 12.6. The van der Waals surface area contributed by atoms with Crippen molar-refractivity contribution >= 4 is 6.08 Å². The summed E-state index contributed by atoms with van der Waals surface area (Å²) in [6.07, 6.45) is 8.57. The van der Waals surface area contributed by atoms with Crippen LogP contribution >= 0.6 is 0 Å². The first-order valence-corrected chi connectivity index (χ1v) is 8.95. The van der Waals surface area contributed by atoms with Crippen molar-refractivity contribution in [2.45, 2.75) is 44.6 Å². The molecule has 1 fully saturated rings. The van der Waals surface area contributed by atoms with E-state index in [-0.39, 0.29) is 6.61 Å². The maximum atomic E-state index is 13.5. The predicted molar refractivity (Wildman–Crippen MR) is 99.0 cm³/mol. The maximum absolute atomic E-state index is 13.5. The Kier molecular flexibility index (Phi) is 6.00. The van der Waals surface area contributed by atoms with Crippen molar-refractivity contribution in [2.75, 3.05) is 0 Å². The summed E-state index contributed by atoms with van der Waals surface area (Å²) in [5.74, 6) is 0.506. The summed E-state index contributed by atoms with van der Waals surface area (Å²) < 4.78 is 19.2. The molecule has 1 aliphatic rings. The molecule has 4 nitrogen and oxygen atoms in total. The van der Waals surface area contributed by atoms with Gasteiger partial charge >= 0.3 is 0 Å². The first kappa shape index (κ1) is 18.1. The topological polar surface area (TPSA) is 52.4 Å². The van der Waals surface area contributed by atoms with Gasteiger partial charge in [0.05, 0.1) is 4.92 Å². The number of hydrogen-bond acceptors (Lipinski definition) is 3. The molecule has 3 rings (SSSR count). The third kappa shape index (κ3) is 4.91. The smallest absolute Gasteiger partial charge is 0.235 e. The quantitative estimate of drug-likeness (QED) is 0.493. The Balaban J connectivity index is 1.66. The number of hydrogen-bond donors (Lipinski definition) is 0. The van der Waals surface area contributed by atoms with Crippen LogP contribution in [0.3, 0.4) is 0 Å². The van der Waals surface area contributed by atoms with E-state index in [1.165, 1.54) is 61.9 Å². The summed E-state index contributed by atoms with van der Waals surface area (Å²) in [4.78, 5) is 9.94. The van der Waals surface area contributed by atoms with Crippen LogP contribution in [0.4, 0.5) is 4.39 Å². The minimum atomic E-state index is -0.558. The third-order valence-electron chi connectivity index (χ3n) is 4.80. The second-order valence-electron chi connectivity index (χ2n) is 6.65. The van der Waals surface area contributed by atoms with E-state index >= 15 is 0 Å². The Morgan fingerprint density at radius 3 is 2.54 bits per heavy atom. The molecule has 5 heteroatoms. The molecule has 0 saturated heterocycles. The molecule has 0 aliphatic heterocycles. The van der Waals surface area contributed by atoms with Crippen molar-refractivity contribution in [3.63, 3.8) is 0 Å². The van der Waals surface area contributed by atoms with E-state index in [0.717, 1.165) is 11.8 Å². The highest BCUT2D eigenvalue weighted by molar-refractivity contribution is 5.56. The summed E-state index contributed by atoms with van der Waals surface area (Å²) in [6.45, 7) is 0.285. The van der Waals surface area contributed by atoms with Crippen LogP contribution in [-0.2, 0) is 6.61 Å². The van der Waals surface area contributed by atoms with Crippen LogP contribution in [-0.4, -0.2) is 4.92 Å². The van der Waals surface area contributed by atoms with Gasteiger partial charge in [0, 0.05) is 17.7 Å². The highest BCUT2D eigenvalue weighted by Gasteiger charge is 2.15. The molecule has 2 aromatic rings. The highest BCUT2D eigenvalue weighted by atomic mass is 19.1. The lowest BCUT2D eigenvalue weighted by molar-refractivity contribution is -0.400. The monoisotopic (exact) mass is 355 g/mol. The van der Waals surface area contributed by atoms with Crippen LogP contribution in [0.15, 0.2) is 48.7 Å². The van der Waals surface area contributed by atoms with E-state index in [1.807, 2.05) is 12.1 Å². The molecule has 0 N–H and O–H groups in total. The second kappa shape index (κ2) is 8.61. The molecule has 0 amide bonds. The minimum Gasteiger partial charge on any atom is -0.488 e.